The molecule has 0 bridgehead atoms. The molecule has 2 heteroatoms. The Kier molecular flexibility index (Phi) is 5.37. The summed E-state index contributed by atoms with van der Waals surface area (Å²) in [5.41, 5.74) is 1.26. The summed E-state index contributed by atoms with van der Waals surface area (Å²) >= 11 is 0. The van der Waals surface area contributed by atoms with Crippen molar-refractivity contribution in [1.29, 1.82) is 0 Å². The Morgan fingerprint density at radius 2 is 1.73 bits per heavy atom. The summed E-state index contributed by atoms with van der Waals surface area (Å²) in [5, 5.41) is 0. The normalized spacial score (nSPS) is 13.1. The van der Waals surface area contributed by atoms with Crippen LogP contribution in [0.5, 0.6) is 0 Å². The quantitative estimate of drug-likeness (QED) is 0.711. The minimum Gasteiger partial charge on any atom is -0.375 e. The molecule has 1 atom stereocenters. The van der Waals surface area contributed by atoms with Gasteiger partial charge in [-0.3, -0.25) is 0 Å². The number of nitrogens with zero attached hydrogens (tertiary/aromatic N) is 1. The van der Waals surface area contributed by atoms with Crippen molar-refractivity contribution in [3.8, 4) is 0 Å². The van der Waals surface area contributed by atoms with Gasteiger partial charge in [-0.1, -0.05) is 44.2 Å². The SMILES string of the molecule is CCN(CC)CC(OC)c1ccccc1. The van der Waals surface area contributed by atoms with E-state index in [9.17, 15) is 0 Å². The van der Waals surface area contributed by atoms with Crippen LogP contribution in [0.2, 0.25) is 0 Å². The van der Waals surface area contributed by atoms with Gasteiger partial charge in [-0.05, 0) is 18.7 Å². The van der Waals surface area contributed by atoms with Crippen LogP contribution >= 0.6 is 0 Å². The van der Waals surface area contributed by atoms with Crippen LogP contribution in [-0.2, 0) is 4.74 Å². The molecular weight excluding hydrogens is 186 g/mol. The third-order valence-corrected chi connectivity index (χ3v) is 2.77. The highest BCUT2D eigenvalue weighted by atomic mass is 16.5. The Bertz CT molecular complexity index is 256. The fraction of sp³-hybridized carbons (Fsp3) is 0.538. The summed E-state index contributed by atoms with van der Waals surface area (Å²) in [6.07, 6.45) is 0.186. The zero-order chi connectivity index (χ0) is 11.1. The molecule has 84 valence electrons. The second-order valence-electron chi connectivity index (χ2n) is 3.62. The van der Waals surface area contributed by atoms with E-state index in [2.05, 4.69) is 43.0 Å². The average molecular weight is 207 g/mol. The second kappa shape index (κ2) is 6.59. The van der Waals surface area contributed by atoms with E-state index in [1.807, 2.05) is 6.07 Å². The minimum atomic E-state index is 0.186. The van der Waals surface area contributed by atoms with Crippen LogP contribution in [0.4, 0.5) is 0 Å². The highest BCUT2D eigenvalue weighted by molar-refractivity contribution is 5.17. The summed E-state index contributed by atoms with van der Waals surface area (Å²) in [7, 11) is 1.78. The lowest BCUT2D eigenvalue weighted by molar-refractivity contribution is 0.0668. The van der Waals surface area contributed by atoms with Crippen molar-refractivity contribution >= 4 is 0 Å². The molecule has 1 aromatic rings. The molecule has 0 N–H and O–H groups in total. The van der Waals surface area contributed by atoms with E-state index in [4.69, 9.17) is 4.74 Å². The van der Waals surface area contributed by atoms with E-state index in [0.717, 1.165) is 19.6 Å². The molecular formula is C13H21NO. The molecule has 0 aliphatic carbocycles. The lowest BCUT2D eigenvalue weighted by Crippen LogP contribution is -2.29. The lowest BCUT2D eigenvalue weighted by Gasteiger charge is -2.24. The first-order valence-corrected chi connectivity index (χ1v) is 5.61. The molecule has 0 aliphatic heterocycles. The van der Waals surface area contributed by atoms with E-state index in [-0.39, 0.29) is 6.10 Å². The molecule has 0 aromatic heterocycles. The number of ether oxygens (including phenoxy) is 1. The largest absolute Gasteiger partial charge is 0.375 e. The Hall–Kier alpha value is -0.860. The molecule has 0 fully saturated rings. The molecule has 0 spiro atoms. The Morgan fingerprint density at radius 3 is 2.20 bits per heavy atom. The van der Waals surface area contributed by atoms with Crippen LogP contribution in [0.25, 0.3) is 0 Å². The minimum absolute atomic E-state index is 0.186. The predicted molar refractivity (Wildman–Crippen MR) is 64.0 cm³/mol. The third kappa shape index (κ3) is 3.65. The number of rotatable bonds is 6. The van der Waals surface area contributed by atoms with Gasteiger partial charge in [0.25, 0.3) is 0 Å². The molecule has 0 saturated heterocycles. The molecule has 2 nitrogen and oxygen atoms in total. The molecule has 0 amide bonds. The summed E-state index contributed by atoms with van der Waals surface area (Å²) in [4.78, 5) is 2.38. The molecule has 0 saturated carbocycles. The maximum atomic E-state index is 5.53. The van der Waals surface area contributed by atoms with E-state index in [1.165, 1.54) is 5.56 Å². The van der Waals surface area contributed by atoms with Gasteiger partial charge in [0.1, 0.15) is 0 Å². The fourth-order valence-corrected chi connectivity index (χ4v) is 1.70. The van der Waals surface area contributed by atoms with Gasteiger partial charge < -0.3 is 9.64 Å². The van der Waals surface area contributed by atoms with Crippen molar-refractivity contribution in [2.24, 2.45) is 0 Å². The van der Waals surface area contributed by atoms with Gasteiger partial charge in [-0.2, -0.15) is 0 Å². The monoisotopic (exact) mass is 207 g/mol. The van der Waals surface area contributed by atoms with E-state index < -0.39 is 0 Å². The van der Waals surface area contributed by atoms with Gasteiger partial charge >= 0.3 is 0 Å². The van der Waals surface area contributed by atoms with Gasteiger partial charge in [0.2, 0.25) is 0 Å². The predicted octanol–water partition coefficient (Wildman–Crippen LogP) is 2.72. The van der Waals surface area contributed by atoms with Crippen LogP contribution in [0.1, 0.15) is 25.5 Å². The Labute approximate surface area is 92.9 Å². The third-order valence-electron chi connectivity index (χ3n) is 2.77. The maximum Gasteiger partial charge on any atom is 0.0947 e. The summed E-state index contributed by atoms with van der Waals surface area (Å²) in [6.45, 7) is 7.47. The number of likely N-dealkylation sites (N-methyl/N-ethyl adjacent to an activating group) is 1. The smallest absolute Gasteiger partial charge is 0.0947 e. The summed E-state index contributed by atoms with van der Waals surface area (Å²) in [6, 6.07) is 10.4. The average Bonchev–Trinajstić information content (AvgIpc) is 2.32. The first-order chi connectivity index (χ1) is 7.31. The number of benzene rings is 1. The summed E-state index contributed by atoms with van der Waals surface area (Å²) in [5.74, 6) is 0. The van der Waals surface area contributed by atoms with Crippen LogP contribution in [0.3, 0.4) is 0 Å². The molecule has 15 heavy (non-hydrogen) atoms. The van der Waals surface area contributed by atoms with Crippen molar-refractivity contribution in [3.05, 3.63) is 35.9 Å². The molecule has 0 aliphatic rings. The van der Waals surface area contributed by atoms with Crippen molar-refractivity contribution < 1.29 is 4.74 Å². The zero-order valence-corrected chi connectivity index (χ0v) is 9.94. The number of hydrogen-bond acceptors (Lipinski definition) is 2. The maximum absolute atomic E-state index is 5.53. The molecule has 0 heterocycles. The fourth-order valence-electron chi connectivity index (χ4n) is 1.70. The van der Waals surface area contributed by atoms with Gasteiger partial charge in [-0.15, -0.1) is 0 Å². The van der Waals surface area contributed by atoms with E-state index in [1.54, 1.807) is 7.11 Å². The van der Waals surface area contributed by atoms with Crippen molar-refractivity contribution in [1.82, 2.24) is 4.90 Å². The van der Waals surface area contributed by atoms with E-state index in [0.29, 0.717) is 0 Å². The Morgan fingerprint density at radius 1 is 1.13 bits per heavy atom. The van der Waals surface area contributed by atoms with Gasteiger partial charge in [0.15, 0.2) is 0 Å². The molecule has 0 radical (unpaired) electrons. The Balaban J connectivity index is 2.64. The van der Waals surface area contributed by atoms with Gasteiger partial charge in [0.05, 0.1) is 6.10 Å². The molecule has 1 unspecified atom stereocenters. The molecule has 1 rings (SSSR count). The van der Waals surface area contributed by atoms with Gasteiger partial charge in [0, 0.05) is 13.7 Å². The highest BCUT2D eigenvalue weighted by Gasteiger charge is 2.12. The first kappa shape index (κ1) is 12.2. The first-order valence-electron chi connectivity index (χ1n) is 5.61. The van der Waals surface area contributed by atoms with Crippen molar-refractivity contribution in [2.45, 2.75) is 20.0 Å². The van der Waals surface area contributed by atoms with Crippen LogP contribution < -0.4 is 0 Å². The number of methoxy groups -OCH3 is 1. The molecule has 1 aromatic carbocycles. The van der Waals surface area contributed by atoms with Crippen LogP contribution in [0.15, 0.2) is 30.3 Å². The van der Waals surface area contributed by atoms with Crippen molar-refractivity contribution in [3.63, 3.8) is 0 Å². The second-order valence-corrected chi connectivity index (χ2v) is 3.62. The standard InChI is InChI=1S/C13H21NO/c1-4-14(5-2)11-13(15-3)12-9-7-6-8-10-12/h6-10,13H,4-5,11H2,1-3H3. The van der Waals surface area contributed by atoms with Gasteiger partial charge in [-0.25, -0.2) is 0 Å². The number of hydrogen-bond donors (Lipinski definition) is 0. The lowest BCUT2D eigenvalue weighted by atomic mass is 10.1. The van der Waals surface area contributed by atoms with E-state index >= 15 is 0 Å². The zero-order valence-electron chi connectivity index (χ0n) is 9.94. The van der Waals surface area contributed by atoms with Crippen LogP contribution in [0, 0.1) is 0 Å². The van der Waals surface area contributed by atoms with Crippen LogP contribution in [-0.4, -0.2) is 31.6 Å². The highest BCUT2D eigenvalue weighted by Crippen LogP contribution is 2.17. The van der Waals surface area contributed by atoms with Crippen molar-refractivity contribution in [2.75, 3.05) is 26.7 Å². The summed E-state index contributed by atoms with van der Waals surface area (Å²) < 4.78 is 5.53. The topological polar surface area (TPSA) is 12.5 Å².